The lowest BCUT2D eigenvalue weighted by Crippen LogP contribution is -2.04. The highest BCUT2D eigenvalue weighted by atomic mass is 32.2. The molecule has 7 heteroatoms. The maximum atomic E-state index is 10.8. The zero-order valence-corrected chi connectivity index (χ0v) is 8.97. The average Bonchev–Trinajstić information content (AvgIpc) is 2.06. The fourth-order valence-corrected chi connectivity index (χ4v) is 1.88. The van der Waals surface area contributed by atoms with Gasteiger partial charge >= 0.3 is 0 Å². The van der Waals surface area contributed by atoms with Gasteiger partial charge in [0.2, 0.25) is 0 Å². The second-order valence-electron chi connectivity index (χ2n) is 2.72. The number of hydrogen-bond acceptors (Lipinski definition) is 5. The Bertz CT molecular complexity index is 455. The summed E-state index contributed by atoms with van der Waals surface area (Å²) in [6.45, 7) is 1.61. The predicted molar refractivity (Wildman–Crippen MR) is 55.0 cm³/mol. The van der Waals surface area contributed by atoms with Crippen LogP contribution in [0.5, 0.6) is 5.75 Å². The molecule has 3 N–H and O–H groups in total. The lowest BCUT2D eigenvalue weighted by molar-refractivity contribution is 0.483. The van der Waals surface area contributed by atoms with E-state index >= 15 is 0 Å². The summed E-state index contributed by atoms with van der Waals surface area (Å²) >= 11 is 3.57. The average molecular weight is 235 g/mol. The van der Waals surface area contributed by atoms with Crippen LogP contribution in [0.1, 0.15) is 5.56 Å². The molecule has 5 nitrogen and oxygen atoms in total. The molecule has 0 amide bonds. The highest BCUT2D eigenvalue weighted by molar-refractivity contribution is 7.86. The molecule has 0 radical (unpaired) electrons. The first-order valence-corrected chi connectivity index (χ1v) is 5.36. The second kappa shape index (κ2) is 3.68. The van der Waals surface area contributed by atoms with Crippen LogP contribution in [0, 0.1) is 6.92 Å². The maximum Gasteiger partial charge on any atom is 0.296 e. The molecule has 0 aliphatic carbocycles. The van der Waals surface area contributed by atoms with Crippen molar-refractivity contribution in [3.8, 4) is 5.75 Å². The molecule has 0 atom stereocenters. The molecule has 0 aliphatic heterocycles. The number of hydrogen-bond donors (Lipinski definition) is 3. The van der Waals surface area contributed by atoms with Crippen LogP contribution in [0.15, 0.2) is 17.0 Å². The van der Waals surface area contributed by atoms with E-state index in [9.17, 15) is 8.42 Å². The Morgan fingerprint density at radius 3 is 2.50 bits per heavy atom. The quantitative estimate of drug-likeness (QED) is 0.308. The molecule has 1 aromatic rings. The fraction of sp³-hybridized carbons (Fsp3) is 0.143. The minimum Gasteiger partial charge on any atom is -0.429 e. The summed E-state index contributed by atoms with van der Waals surface area (Å²) in [6.07, 6.45) is 0. The van der Waals surface area contributed by atoms with Gasteiger partial charge in [0.15, 0.2) is 0 Å². The molecule has 1 aromatic carbocycles. The molecular weight excluding hydrogens is 226 g/mol. The van der Waals surface area contributed by atoms with Crippen LogP contribution in [0.3, 0.4) is 0 Å². The lowest BCUT2D eigenvalue weighted by Gasteiger charge is -2.07. The van der Waals surface area contributed by atoms with Crippen LogP contribution >= 0.6 is 12.9 Å². The summed E-state index contributed by atoms with van der Waals surface area (Å²) in [5.74, 6) is 0.346. The van der Waals surface area contributed by atoms with Crippen LogP contribution in [-0.4, -0.2) is 13.0 Å². The van der Waals surface area contributed by atoms with Crippen LogP contribution in [0.25, 0.3) is 0 Å². The standard InChI is InChI=1S/C7H9NO4S2/c1-4-2-7(14(9,10)11)5(8)3-6(4)12-13/h2-3,13H,8H2,1H3,(H,9,10,11). The molecule has 0 fully saturated rings. The second-order valence-corrected chi connectivity index (χ2v) is 4.29. The van der Waals surface area contributed by atoms with E-state index in [2.05, 4.69) is 17.1 Å². The van der Waals surface area contributed by atoms with E-state index in [4.69, 9.17) is 10.3 Å². The minimum atomic E-state index is -4.29. The van der Waals surface area contributed by atoms with Crippen molar-refractivity contribution in [1.29, 1.82) is 0 Å². The van der Waals surface area contributed by atoms with E-state index in [0.717, 1.165) is 0 Å². The molecule has 0 spiro atoms. The van der Waals surface area contributed by atoms with Gasteiger partial charge in [-0.15, -0.1) is 0 Å². The van der Waals surface area contributed by atoms with Gasteiger partial charge in [0.05, 0.1) is 5.69 Å². The van der Waals surface area contributed by atoms with Crippen molar-refractivity contribution in [3.05, 3.63) is 17.7 Å². The van der Waals surface area contributed by atoms with Gasteiger partial charge < -0.3 is 9.92 Å². The molecule has 78 valence electrons. The molecule has 0 bridgehead atoms. The van der Waals surface area contributed by atoms with Crippen molar-refractivity contribution in [2.45, 2.75) is 11.8 Å². The van der Waals surface area contributed by atoms with Crippen molar-refractivity contribution >= 4 is 28.7 Å². The number of thiol groups is 1. The Balaban J connectivity index is 3.44. The third-order valence-corrected chi connectivity index (χ3v) is 2.79. The molecule has 0 saturated carbocycles. The van der Waals surface area contributed by atoms with Crippen LogP contribution in [-0.2, 0) is 10.1 Å². The van der Waals surface area contributed by atoms with Crippen LogP contribution in [0.2, 0.25) is 0 Å². The van der Waals surface area contributed by atoms with Gasteiger partial charge in [0.25, 0.3) is 10.1 Å². The lowest BCUT2D eigenvalue weighted by atomic mass is 10.2. The molecule has 0 saturated heterocycles. The van der Waals surface area contributed by atoms with Gasteiger partial charge in [0.1, 0.15) is 10.6 Å². The Labute approximate surface area is 87.2 Å². The Morgan fingerprint density at radius 1 is 1.50 bits per heavy atom. The molecule has 1 rings (SSSR count). The van der Waals surface area contributed by atoms with E-state index in [0.29, 0.717) is 11.3 Å². The number of benzene rings is 1. The first-order valence-electron chi connectivity index (χ1n) is 3.55. The number of rotatable bonds is 2. The van der Waals surface area contributed by atoms with Crippen molar-refractivity contribution < 1.29 is 17.2 Å². The monoisotopic (exact) mass is 235 g/mol. The molecular formula is C7H9NO4S2. The number of nitrogen functional groups attached to an aromatic ring is 1. The van der Waals surface area contributed by atoms with E-state index in [-0.39, 0.29) is 10.6 Å². The van der Waals surface area contributed by atoms with Crippen LogP contribution < -0.4 is 9.92 Å². The molecule has 0 unspecified atom stereocenters. The van der Waals surface area contributed by atoms with Gasteiger partial charge in [-0.05, 0) is 18.6 Å². The van der Waals surface area contributed by atoms with E-state index in [1.165, 1.54) is 12.1 Å². The fourth-order valence-electron chi connectivity index (χ4n) is 0.999. The Morgan fingerprint density at radius 2 is 2.07 bits per heavy atom. The zero-order chi connectivity index (χ0) is 10.9. The summed E-state index contributed by atoms with van der Waals surface area (Å²) in [6, 6.07) is 2.50. The topological polar surface area (TPSA) is 89.6 Å². The first-order chi connectivity index (χ1) is 6.36. The summed E-state index contributed by atoms with van der Waals surface area (Å²) < 4.78 is 35.1. The summed E-state index contributed by atoms with van der Waals surface area (Å²) in [5.41, 5.74) is 5.83. The van der Waals surface area contributed by atoms with Gasteiger partial charge in [-0.2, -0.15) is 8.42 Å². The molecule has 0 aromatic heterocycles. The van der Waals surface area contributed by atoms with E-state index < -0.39 is 10.1 Å². The van der Waals surface area contributed by atoms with Crippen molar-refractivity contribution in [3.63, 3.8) is 0 Å². The first kappa shape index (κ1) is 11.2. The van der Waals surface area contributed by atoms with Gasteiger partial charge in [-0.1, -0.05) is 0 Å². The third-order valence-electron chi connectivity index (χ3n) is 1.68. The van der Waals surface area contributed by atoms with Crippen molar-refractivity contribution in [2.75, 3.05) is 5.73 Å². The van der Waals surface area contributed by atoms with E-state index in [1.807, 2.05) is 0 Å². The SMILES string of the molecule is Cc1cc(S(=O)(=O)O)c(N)cc1OS. The van der Waals surface area contributed by atoms with E-state index in [1.54, 1.807) is 6.92 Å². The smallest absolute Gasteiger partial charge is 0.296 e. The largest absolute Gasteiger partial charge is 0.429 e. The molecule has 0 heterocycles. The zero-order valence-electron chi connectivity index (χ0n) is 7.26. The summed E-state index contributed by atoms with van der Waals surface area (Å²) in [4.78, 5) is -0.330. The number of anilines is 1. The molecule has 14 heavy (non-hydrogen) atoms. The van der Waals surface area contributed by atoms with Gasteiger partial charge in [0, 0.05) is 19.0 Å². The normalized spacial score (nSPS) is 11.4. The predicted octanol–water partition coefficient (Wildman–Crippen LogP) is 1.05. The Hall–Kier alpha value is -0.920. The number of aryl methyl sites for hydroxylation is 1. The highest BCUT2D eigenvalue weighted by Crippen LogP contribution is 2.28. The van der Waals surface area contributed by atoms with Gasteiger partial charge in [-0.25, -0.2) is 0 Å². The molecule has 0 aliphatic rings. The maximum absolute atomic E-state index is 10.8. The van der Waals surface area contributed by atoms with Crippen molar-refractivity contribution in [1.82, 2.24) is 0 Å². The van der Waals surface area contributed by atoms with Gasteiger partial charge in [-0.3, -0.25) is 4.55 Å². The van der Waals surface area contributed by atoms with Crippen LogP contribution in [0.4, 0.5) is 5.69 Å². The summed E-state index contributed by atoms with van der Waals surface area (Å²) in [7, 11) is -4.29. The number of nitrogens with two attached hydrogens (primary N) is 1. The highest BCUT2D eigenvalue weighted by Gasteiger charge is 2.16. The summed E-state index contributed by atoms with van der Waals surface area (Å²) in [5, 5.41) is 0. The Kier molecular flexibility index (Phi) is 2.93. The minimum absolute atomic E-state index is 0.0813. The third kappa shape index (κ3) is 2.11. The van der Waals surface area contributed by atoms with Crippen molar-refractivity contribution in [2.24, 2.45) is 0 Å².